The Hall–Kier alpha value is -1.80. The summed E-state index contributed by atoms with van der Waals surface area (Å²) in [7, 11) is 0. The lowest BCUT2D eigenvalue weighted by molar-refractivity contribution is -0.137. The van der Waals surface area contributed by atoms with Crippen LogP contribution in [0.5, 0.6) is 5.75 Å². The van der Waals surface area contributed by atoms with Crippen LogP contribution in [0, 0.1) is 0 Å². The van der Waals surface area contributed by atoms with Gasteiger partial charge in [0.25, 0.3) is 0 Å². The molecule has 5 N–H and O–H groups in total. The van der Waals surface area contributed by atoms with E-state index in [4.69, 9.17) is 5.73 Å². The maximum atomic E-state index is 12.5. The minimum Gasteiger partial charge on any atom is -0.508 e. The van der Waals surface area contributed by atoms with Crippen LogP contribution in [-0.2, 0) is 11.0 Å². The second-order valence-corrected chi connectivity index (χ2v) is 3.95. The number of nitrogens with two attached hydrogens (primary N) is 1. The Morgan fingerprint density at radius 1 is 1.32 bits per heavy atom. The van der Waals surface area contributed by atoms with Crippen molar-refractivity contribution in [2.24, 2.45) is 5.73 Å². The molecule has 1 amide bonds. The Kier molecular flexibility index (Phi) is 4.38. The molecule has 2 atom stereocenters. The van der Waals surface area contributed by atoms with Crippen molar-refractivity contribution in [1.82, 2.24) is 0 Å². The number of phenols is 1. The molecule has 8 heteroatoms. The van der Waals surface area contributed by atoms with E-state index in [1.165, 1.54) is 0 Å². The average Bonchev–Trinajstić information content (AvgIpc) is 2.26. The van der Waals surface area contributed by atoms with Gasteiger partial charge in [-0.05, 0) is 18.2 Å². The van der Waals surface area contributed by atoms with E-state index in [-0.39, 0.29) is 0 Å². The largest absolute Gasteiger partial charge is 0.508 e. The van der Waals surface area contributed by atoms with Crippen molar-refractivity contribution in [2.45, 2.75) is 24.8 Å². The molecule has 0 aliphatic heterocycles. The number of halogens is 3. The molecule has 1 aromatic carbocycles. The zero-order chi connectivity index (χ0) is 14.8. The van der Waals surface area contributed by atoms with Gasteiger partial charge in [0.1, 0.15) is 11.9 Å². The van der Waals surface area contributed by atoms with Crippen LogP contribution in [0.3, 0.4) is 0 Å². The monoisotopic (exact) mass is 279 g/mol. The molecule has 0 aliphatic carbocycles. The third kappa shape index (κ3) is 3.83. The van der Waals surface area contributed by atoms with Crippen molar-refractivity contribution in [1.29, 1.82) is 0 Å². The first-order chi connectivity index (χ1) is 8.62. The Bertz CT molecular complexity index is 475. The second-order valence-electron chi connectivity index (χ2n) is 3.95. The van der Waals surface area contributed by atoms with Gasteiger partial charge in [0.05, 0.1) is 18.1 Å². The molecule has 0 bridgehead atoms. The van der Waals surface area contributed by atoms with E-state index in [1.807, 2.05) is 0 Å². The van der Waals surface area contributed by atoms with Crippen molar-refractivity contribution in [3.63, 3.8) is 0 Å². The van der Waals surface area contributed by atoms with E-state index in [1.54, 1.807) is 0 Å². The number of rotatable bonds is 4. The van der Waals surface area contributed by atoms with Crippen LogP contribution in [0.1, 0.15) is 23.7 Å². The lowest BCUT2D eigenvalue weighted by atomic mass is 9.98. The molecule has 0 heterocycles. The molecule has 1 aromatic rings. The van der Waals surface area contributed by atoms with E-state index in [0.29, 0.717) is 12.1 Å². The van der Waals surface area contributed by atoms with Gasteiger partial charge < -0.3 is 21.1 Å². The molecule has 0 fully saturated rings. The van der Waals surface area contributed by atoms with Crippen LogP contribution >= 0.6 is 0 Å². The molecule has 106 valence electrons. The highest BCUT2D eigenvalue weighted by Gasteiger charge is 2.32. The SMILES string of the molecule is NC(=O)CC(O)C(O)c1cc(C(F)(F)F)ccc1O. The molecule has 0 aromatic heterocycles. The highest BCUT2D eigenvalue weighted by molar-refractivity contribution is 5.74. The zero-order valence-corrected chi connectivity index (χ0v) is 9.55. The number of carbonyl (C=O) groups excluding carboxylic acids is 1. The summed E-state index contributed by atoms with van der Waals surface area (Å²) in [6.45, 7) is 0. The molecule has 0 radical (unpaired) electrons. The highest BCUT2D eigenvalue weighted by Crippen LogP contribution is 2.35. The number of aromatic hydroxyl groups is 1. The van der Waals surface area contributed by atoms with Crippen LogP contribution < -0.4 is 5.73 Å². The van der Waals surface area contributed by atoms with Crippen LogP contribution in [0.4, 0.5) is 13.2 Å². The summed E-state index contributed by atoms with van der Waals surface area (Å²) in [5, 5.41) is 28.4. The third-order valence-corrected chi connectivity index (χ3v) is 2.45. The fraction of sp³-hybridized carbons (Fsp3) is 0.364. The van der Waals surface area contributed by atoms with Crippen LogP contribution in [-0.4, -0.2) is 27.3 Å². The number of phenolic OH excluding ortho intramolecular Hbond substituents is 1. The smallest absolute Gasteiger partial charge is 0.416 e. The molecule has 19 heavy (non-hydrogen) atoms. The van der Waals surface area contributed by atoms with Crippen molar-refractivity contribution in [3.8, 4) is 5.75 Å². The summed E-state index contributed by atoms with van der Waals surface area (Å²) < 4.78 is 37.4. The van der Waals surface area contributed by atoms with Crippen molar-refractivity contribution in [3.05, 3.63) is 29.3 Å². The number of carbonyl (C=O) groups is 1. The standard InChI is InChI=1S/C11H12F3NO4/c12-11(13,14)5-1-2-7(16)6(3-5)10(19)8(17)4-9(15)18/h1-3,8,10,16-17,19H,4H2,(H2,15,18). The first kappa shape index (κ1) is 15.3. The second kappa shape index (κ2) is 5.45. The predicted octanol–water partition coefficient (Wildman–Crippen LogP) is 0.681. The zero-order valence-electron chi connectivity index (χ0n) is 9.55. The van der Waals surface area contributed by atoms with Gasteiger partial charge in [0, 0.05) is 5.56 Å². The van der Waals surface area contributed by atoms with Crippen molar-refractivity contribution in [2.75, 3.05) is 0 Å². The van der Waals surface area contributed by atoms with Gasteiger partial charge in [-0.2, -0.15) is 13.2 Å². The molecule has 5 nitrogen and oxygen atoms in total. The van der Waals surface area contributed by atoms with E-state index >= 15 is 0 Å². The van der Waals surface area contributed by atoms with Crippen molar-refractivity contribution >= 4 is 5.91 Å². The van der Waals surface area contributed by atoms with Crippen LogP contribution in [0.25, 0.3) is 0 Å². The summed E-state index contributed by atoms with van der Waals surface area (Å²) in [4.78, 5) is 10.6. The number of alkyl halides is 3. The van der Waals surface area contributed by atoms with Gasteiger partial charge >= 0.3 is 6.18 Å². The Labute approximate surface area is 106 Å². The van der Waals surface area contributed by atoms with Crippen LogP contribution in [0.2, 0.25) is 0 Å². The summed E-state index contributed by atoms with van der Waals surface area (Å²) >= 11 is 0. The number of hydrogen-bond acceptors (Lipinski definition) is 4. The summed E-state index contributed by atoms with van der Waals surface area (Å²) in [5.41, 5.74) is 3.18. The quantitative estimate of drug-likeness (QED) is 0.650. The predicted molar refractivity (Wildman–Crippen MR) is 57.9 cm³/mol. The van der Waals surface area contributed by atoms with E-state index in [0.717, 1.165) is 6.07 Å². The lowest BCUT2D eigenvalue weighted by Crippen LogP contribution is -2.26. The number of aliphatic hydroxyl groups is 2. The van der Waals surface area contributed by atoms with E-state index in [9.17, 15) is 33.3 Å². The maximum Gasteiger partial charge on any atom is 0.416 e. The lowest BCUT2D eigenvalue weighted by Gasteiger charge is -2.19. The van der Waals surface area contributed by atoms with Gasteiger partial charge in [-0.25, -0.2) is 0 Å². The molecular formula is C11H12F3NO4. The topological polar surface area (TPSA) is 104 Å². The minimum absolute atomic E-state index is 0.504. The van der Waals surface area contributed by atoms with Gasteiger partial charge in [-0.15, -0.1) is 0 Å². The number of amides is 1. The van der Waals surface area contributed by atoms with E-state index < -0.39 is 47.6 Å². The Morgan fingerprint density at radius 2 is 1.89 bits per heavy atom. The average molecular weight is 279 g/mol. The molecule has 0 aliphatic rings. The van der Waals surface area contributed by atoms with Gasteiger partial charge in [0.15, 0.2) is 0 Å². The van der Waals surface area contributed by atoms with Gasteiger partial charge in [-0.1, -0.05) is 0 Å². The van der Waals surface area contributed by atoms with Gasteiger partial charge in [0.2, 0.25) is 5.91 Å². The fourth-order valence-electron chi connectivity index (χ4n) is 1.49. The Morgan fingerprint density at radius 3 is 2.37 bits per heavy atom. The highest BCUT2D eigenvalue weighted by atomic mass is 19.4. The summed E-state index contributed by atoms with van der Waals surface area (Å²) in [6.07, 6.45) is -8.85. The minimum atomic E-state index is -4.66. The summed E-state index contributed by atoms with van der Waals surface area (Å²) in [5.74, 6) is -1.55. The fourth-order valence-corrected chi connectivity index (χ4v) is 1.49. The number of primary amides is 1. The molecule has 2 unspecified atom stereocenters. The number of benzene rings is 1. The number of hydrogen-bond donors (Lipinski definition) is 4. The summed E-state index contributed by atoms with van der Waals surface area (Å²) in [6, 6.07) is 1.88. The first-order valence-electron chi connectivity index (χ1n) is 5.17. The third-order valence-electron chi connectivity index (χ3n) is 2.45. The van der Waals surface area contributed by atoms with Gasteiger partial charge in [-0.3, -0.25) is 4.79 Å². The molecular weight excluding hydrogens is 267 g/mol. The molecule has 0 spiro atoms. The first-order valence-corrected chi connectivity index (χ1v) is 5.17. The van der Waals surface area contributed by atoms with E-state index in [2.05, 4.69) is 0 Å². The van der Waals surface area contributed by atoms with Crippen molar-refractivity contribution < 1.29 is 33.3 Å². The van der Waals surface area contributed by atoms with Crippen LogP contribution in [0.15, 0.2) is 18.2 Å². The number of aliphatic hydroxyl groups excluding tert-OH is 2. The molecule has 0 saturated heterocycles. The maximum absolute atomic E-state index is 12.5. The normalized spacial score (nSPS) is 15.0. The molecule has 0 saturated carbocycles. The Balaban J connectivity index is 3.08. The molecule has 1 rings (SSSR count).